The van der Waals surface area contributed by atoms with Crippen LogP contribution in [0.2, 0.25) is 0 Å². The minimum atomic E-state index is -0.888. The predicted octanol–water partition coefficient (Wildman–Crippen LogP) is 2.76. The summed E-state index contributed by atoms with van der Waals surface area (Å²) >= 11 is 1.41. The second-order valence-electron chi connectivity index (χ2n) is 5.81. The monoisotopic (exact) mass is 314 g/mol. The smallest absolute Gasteiger partial charge is 0.307 e. The van der Waals surface area contributed by atoms with Crippen LogP contribution in [0.5, 0.6) is 0 Å². The van der Waals surface area contributed by atoms with Crippen LogP contribution in [0.3, 0.4) is 0 Å². The van der Waals surface area contributed by atoms with E-state index < -0.39 is 17.8 Å². The number of aliphatic carboxylic acids is 1. The number of carbonyl (C=O) groups excluding carboxylic acids is 1. The van der Waals surface area contributed by atoms with Crippen LogP contribution in [0.1, 0.15) is 6.42 Å². The van der Waals surface area contributed by atoms with Crippen LogP contribution in [-0.2, 0) is 9.59 Å². The number of nitrogens with one attached hydrogen (secondary N) is 1. The first-order valence-electron chi connectivity index (χ1n) is 7.21. The zero-order valence-electron chi connectivity index (χ0n) is 11.6. The maximum Gasteiger partial charge on any atom is 0.307 e. The van der Waals surface area contributed by atoms with E-state index in [1.54, 1.807) is 0 Å². The zero-order chi connectivity index (χ0) is 15.3. The zero-order valence-corrected chi connectivity index (χ0v) is 12.4. The number of rotatable bonds is 3. The first-order valence-corrected chi connectivity index (χ1v) is 8.03. The van der Waals surface area contributed by atoms with Crippen molar-refractivity contribution in [2.45, 2.75) is 6.42 Å². The summed E-state index contributed by atoms with van der Waals surface area (Å²) in [6.45, 7) is 0. The van der Waals surface area contributed by atoms with Crippen LogP contribution in [0.15, 0.2) is 36.4 Å². The standard InChI is InChI=1S/C16H14N2O3S/c19-14(12-8-5-6-9(7-8)13(12)15(20)21)18-16-17-10-3-1-2-4-11(10)22-16/h1-6,8-9,12-13H,7H2,(H,20,21)(H,17,18,19)/t8-,9+,12+,13+/m1/s1. The molecule has 22 heavy (non-hydrogen) atoms. The number of hydrogen-bond acceptors (Lipinski definition) is 4. The second-order valence-corrected chi connectivity index (χ2v) is 6.84. The van der Waals surface area contributed by atoms with Gasteiger partial charge in [-0.3, -0.25) is 9.59 Å². The average molecular weight is 314 g/mol. The van der Waals surface area contributed by atoms with Gasteiger partial charge in [-0.25, -0.2) is 4.98 Å². The largest absolute Gasteiger partial charge is 0.481 e. The van der Waals surface area contributed by atoms with E-state index in [1.807, 2.05) is 36.4 Å². The Bertz CT molecular complexity index is 765. The third-order valence-electron chi connectivity index (χ3n) is 4.57. The number of benzene rings is 1. The molecule has 1 heterocycles. The van der Waals surface area contributed by atoms with Crippen molar-refractivity contribution < 1.29 is 14.7 Å². The number of carboxylic acid groups (broad SMARTS) is 1. The molecule has 2 aliphatic carbocycles. The molecule has 1 aromatic carbocycles. The molecule has 0 unspecified atom stereocenters. The summed E-state index contributed by atoms with van der Waals surface area (Å²) in [6, 6.07) is 7.66. The molecule has 1 amide bonds. The van der Waals surface area contributed by atoms with Gasteiger partial charge < -0.3 is 10.4 Å². The van der Waals surface area contributed by atoms with E-state index in [9.17, 15) is 14.7 Å². The minimum Gasteiger partial charge on any atom is -0.481 e. The summed E-state index contributed by atoms with van der Waals surface area (Å²) in [5.41, 5.74) is 0.838. The first-order chi connectivity index (χ1) is 10.6. The molecule has 0 radical (unpaired) electrons. The molecule has 1 saturated carbocycles. The van der Waals surface area contributed by atoms with E-state index in [4.69, 9.17) is 0 Å². The Kier molecular flexibility index (Phi) is 3.00. The van der Waals surface area contributed by atoms with Crippen molar-refractivity contribution in [3.63, 3.8) is 0 Å². The summed E-state index contributed by atoms with van der Waals surface area (Å²) in [4.78, 5) is 28.4. The molecular weight excluding hydrogens is 300 g/mol. The maximum absolute atomic E-state index is 12.6. The van der Waals surface area contributed by atoms with Gasteiger partial charge in [-0.05, 0) is 30.4 Å². The van der Waals surface area contributed by atoms with Gasteiger partial charge in [0.15, 0.2) is 5.13 Å². The summed E-state index contributed by atoms with van der Waals surface area (Å²) in [5.74, 6) is -2.23. The fourth-order valence-electron chi connectivity index (χ4n) is 3.63. The van der Waals surface area contributed by atoms with Crippen molar-refractivity contribution in [2.75, 3.05) is 5.32 Å². The van der Waals surface area contributed by atoms with E-state index >= 15 is 0 Å². The summed E-state index contributed by atoms with van der Waals surface area (Å²) in [6.07, 6.45) is 4.67. The van der Waals surface area contributed by atoms with Crippen LogP contribution in [0.4, 0.5) is 5.13 Å². The highest BCUT2D eigenvalue weighted by Gasteiger charge is 2.51. The predicted molar refractivity (Wildman–Crippen MR) is 83.6 cm³/mol. The number of fused-ring (bicyclic) bond motifs is 3. The van der Waals surface area contributed by atoms with Crippen LogP contribution in [0.25, 0.3) is 10.2 Å². The van der Waals surface area contributed by atoms with Crippen molar-refractivity contribution in [3.8, 4) is 0 Å². The Hall–Kier alpha value is -2.21. The van der Waals surface area contributed by atoms with Gasteiger partial charge in [0.1, 0.15) is 0 Å². The molecule has 4 rings (SSSR count). The molecule has 2 aliphatic rings. The van der Waals surface area contributed by atoms with Crippen molar-refractivity contribution in [1.29, 1.82) is 0 Å². The lowest BCUT2D eigenvalue weighted by Crippen LogP contribution is -2.36. The van der Waals surface area contributed by atoms with E-state index in [1.165, 1.54) is 11.3 Å². The van der Waals surface area contributed by atoms with E-state index in [-0.39, 0.29) is 17.7 Å². The van der Waals surface area contributed by atoms with E-state index in [0.717, 1.165) is 16.6 Å². The van der Waals surface area contributed by atoms with Crippen molar-refractivity contribution in [3.05, 3.63) is 36.4 Å². The lowest BCUT2D eigenvalue weighted by atomic mass is 9.82. The van der Waals surface area contributed by atoms with Gasteiger partial charge in [-0.2, -0.15) is 0 Å². The molecule has 2 bridgehead atoms. The lowest BCUT2D eigenvalue weighted by Gasteiger charge is -2.23. The number of carbonyl (C=O) groups is 2. The fraction of sp³-hybridized carbons (Fsp3) is 0.312. The Labute approximate surface area is 130 Å². The van der Waals surface area contributed by atoms with Gasteiger partial charge in [0.25, 0.3) is 0 Å². The van der Waals surface area contributed by atoms with Crippen molar-refractivity contribution >= 4 is 38.6 Å². The number of nitrogens with zero attached hydrogens (tertiary/aromatic N) is 1. The SMILES string of the molecule is O=C(Nc1nc2ccccc2s1)[C@@H]1[C@@H](C(=O)O)[C@H]2C=C[C@@H]1C2. The molecule has 0 spiro atoms. The molecule has 0 saturated heterocycles. The normalized spacial score (nSPS) is 29.1. The Morgan fingerprint density at radius 3 is 2.64 bits per heavy atom. The highest BCUT2D eigenvalue weighted by atomic mass is 32.1. The molecular formula is C16H14N2O3S. The van der Waals surface area contributed by atoms with E-state index in [2.05, 4.69) is 10.3 Å². The number of aromatic nitrogens is 1. The topological polar surface area (TPSA) is 79.3 Å². The van der Waals surface area contributed by atoms with Crippen LogP contribution >= 0.6 is 11.3 Å². The lowest BCUT2D eigenvalue weighted by molar-refractivity contribution is -0.146. The summed E-state index contributed by atoms with van der Waals surface area (Å²) < 4.78 is 1.00. The molecule has 4 atom stereocenters. The minimum absolute atomic E-state index is 0.0198. The number of anilines is 1. The number of amides is 1. The highest BCUT2D eigenvalue weighted by Crippen LogP contribution is 2.48. The molecule has 2 aromatic rings. The Morgan fingerprint density at radius 1 is 1.18 bits per heavy atom. The van der Waals surface area contributed by atoms with Gasteiger partial charge in [0.2, 0.25) is 5.91 Å². The third-order valence-corrected chi connectivity index (χ3v) is 5.52. The van der Waals surface area contributed by atoms with Crippen molar-refractivity contribution in [1.82, 2.24) is 4.98 Å². The summed E-state index contributed by atoms with van der Waals surface area (Å²) in [7, 11) is 0. The molecule has 6 heteroatoms. The molecule has 112 valence electrons. The average Bonchev–Trinajstić information content (AvgIpc) is 3.19. The van der Waals surface area contributed by atoms with Crippen LogP contribution < -0.4 is 5.32 Å². The first kappa shape index (κ1) is 13.5. The highest BCUT2D eigenvalue weighted by molar-refractivity contribution is 7.22. The molecule has 0 aliphatic heterocycles. The van der Waals surface area contributed by atoms with Gasteiger partial charge in [0.05, 0.1) is 22.1 Å². The molecule has 2 N–H and O–H groups in total. The van der Waals surface area contributed by atoms with Gasteiger partial charge in [-0.1, -0.05) is 35.6 Å². The number of para-hydroxylation sites is 1. The van der Waals surface area contributed by atoms with Crippen molar-refractivity contribution in [2.24, 2.45) is 23.7 Å². The van der Waals surface area contributed by atoms with Crippen LogP contribution in [0, 0.1) is 23.7 Å². The quantitative estimate of drug-likeness (QED) is 0.854. The van der Waals surface area contributed by atoms with Gasteiger partial charge >= 0.3 is 5.97 Å². The summed E-state index contributed by atoms with van der Waals surface area (Å²) in [5, 5.41) is 12.8. The second kappa shape index (κ2) is 4.91. The molecule has 1 aromatic heterocycles. The third kappa shape index (κ3) is 2.02. The number of hydrogen-bond donors (Lipinski definition) is 2. The maximum atomic E-state index is 12.6. The fourth-order valence-corrected chi connectivity index (χ4v) is 4.50. The Morgan fingerprint density at radius 2 is 1.91 bits per heavy atom. The number of thiazole rings is 1. The Balaban J connectivity index is 1.59. The molecule has 5 nitrogen and oxygen atoms in total. The number of allylic oxidation sites excluding steroid dienone is 2. The van der Waals surface area contributed by atoms with E-state index in [0.29, 0.717) is 5.13 Å². The van der Waals surface area contributed by atoms with Gasteiger partial charge in [-0.15, -0.1) is 0 Å². The van der Waals surface area contributed by atoms with Crippen LogP contribution in [-0.4, -0.2) is 22.0 Å². The van der Waals surface area contributed by atoms with Gasteiger partial charge in [0, 0.05) is 0 Å². The number of carboxylic acids is 1. The molecule has 1 fully saturated rings.